The highest BCUT2D eigenvalue weighted by Gasteiger charge is 2.11. The number of aromatic nitrogens is 2. The van der Waals surface area contributed by atoms with Crippen molar-refractivity contribution < 1.29 is 9.21 Å². The summed E-state index contributed by atoms with van der Waals surface area (Å²) in [6, 6.07) is 13.0. The van der Waals surface area contributed by atoms with E-state index >= 15 is 0 Å². The summed E-state index contributed by atoms with van der Waals surface area (Å²) >= 11 is 13.0. The molecule has 3 rings (SSSR count). The number of aryl methyl sites for hydroxylation is 1. The van der Waals surface area contributed by atoms with Crippen molar-refractivity contribution in [3.8, 4) is 0 Å². The van der Waals surface area contributed by atoms with Crippen molar-refractivity contribution in [3.63, 3.8) is 0 Å². The lowest BCUT2D eigenvalue weighted by atomic mass is 10.1. The van der Waals surface area contributed by atoms with Crippen LogP contribution in [0.1, 0.15) is 17.0 Å². The van der Waals surface area contributed by atoms with E-state index in [9.17, 15) is 4.79 Å². The number of amides is 1. The molecule has 0 atom stereocenters. The Morgan fingerprint density at radius 2 is 1.88 bits per heavy atom. The van der Waals surface area contributed by atoms with E-state index in [4.69, 9.17) is 27.6 Å². The van der Waals surface area contributed by atoms with Crippen LogP contribution in [0.25, 0.3) is 0 Å². The molecule has 1 heterocycles. The molecule has 0 radical (unpaired) electrons. The van der Waals surface area contributed by atoms with E-state index in [1.165, 1.54) is 17.3 Å². The zero-order valence-corrected chi connectivity index (χ0v) is 16.2. The molecule has 8 heteroatoms. The van der Waals surface area contributed by atoms with Gasteiger partial charge in [0.05, 0.1) is 22.2 Å². The molecule has 0 spiro atoms. The van der Waals surface area contributed by atoms with Crippen molar-refractivity contribution in [2.75, 3.05) is 11.1 Å². The molecule has 0 aliphatic carbocycles. The van der Waals surface area contributed by atoms with Gasteiger partial charge in [0.2, 0.25) is 11.8 Å². The molecule has 0 aliphatic heterocycles. The van der Waals surface area contributed by atoms with Crippen LogP contribution in [0.15, 0.2) is 52.1 Å². The molecule has 0 unspecified atom stereocenters. The van der Waals surface area contributed by atoms with Crippen molar-refractivity contribution >= 4 is 46.6 Å². The molecule has 0 bridgehead atoms. The van der Waals surface area contributed by atoms with Crippen molar-refractivity contribution in [1.29, 1.82) is 0 Å². The van der Waals surface area contributed by atoms with Crippen LogP contribution in [0, 0.1) is 6.92 Å². The minimum Gasteiger partial charge on any atom is -0.416 e. The Morgan fingerprint density at radius 3 is 2.62 bits per heavy atom. The number of hydrogen-bond donors (Lipinski definition) is 1. The van der Waals surface area contributed by atoms with Crippen molar-refractivity contribution in [1.82, 2.24) is 10.2 Å². The maximum absolute atomic E-state index is 12.0. The average molecular weight is 408 g/mol. The Hall–Kier alpha value is -2.02. The lowest BCUT2D eigenvalue weighted by Gasteiger charge is -2.05. The second-order valence-electron chi connectivity index (χ2n) is 5.59. The third kappa shape index (κ3) is 5.24. The van der Waals surface area contributed by atoms with Crippen molar-refractivity contribution in [2.24, 2.45) is 0 Å². The minimum atomic E-state index is -0.202. The lowest BCUT2D eigenvalue weighted by Crippen LogP contribution is -2.13. The number of rotatable bonds is 6. The fraction of sp³-hybridized carbons (Fsp3) is 0.167. The summed E-state index contributed by atoms with van der Waals surface area (Å²) in [4.78, 5) is 12.0. The molecule has 1 amide bonds. The lowest BCUT2D eigenvalue weighted by molar-refractivity contribution is -0.113. The Bertz CT molecular complexity index is 913. The summed E-state index contributed by atoms with van der Waals surface area (Å²) in [6.45, 7) is 2.04. The first-order valence-electron chi connectivity index (χ1n) is 7.75. The van der Waals surface area contributed by atoms with Gasteiger partial charge in [-0.05, 0) is 30.7 Å². The number of anilines is 1. The molecule has 0 fully saturated rings. The van der Waals surface area contributed by atoms with E-state index in [-0.39, 0.29) is 11.7 Å². The van der Waals surface area contributed by atoms with Crippen LogP contribution in [0.2, 0.25) is 10.0 Å². The predicted molar refractivity (Wildman–Crippen MR) is 104 cm³/mol. The van der Waals surface area contributed by atoms with Gasteiger partial charge in [0.15, 0.2) is 0 Å². The number of carbonyl (C=O) groups excluding carboxylic acids is 1. The number of nitrogens with one attached hydrogen (secondary N) is 1. The number of nitrogens with zero attached hydrogens (tertiary/aromatic N) is 2. The van der Waals surface area contributed by atoms with Crippen LogP contribution < -0.4 is 5.32 Å². The van der Waals surface area contributed by atoms with Gasteiger partial charge in [0.25, 0.3) is 5.22 Å². The summed E-state index contributed by atoms with van der Waals surface area (Å²) in [5.41, 5.74) is 2.87. The smallest absolute Gasteiger partial charge is 0.277 e. The number of hydrogen-bond acceptors (Lipinski definition) is 5. The van der Waals surface area contributed by atoms with Crippen LogP contribution in [-0.2, 0) is 11.2 Å². The summed E-state index contributed by atoms with van der Waals surface area (Å²) in [7, 11) is 0. The molecule has 26 heavy (non-hydrogen) atoms. The standard InChI is InChI=1S/C18H15Cl2N3O2S/c1-11-2-4-12(5-3-11)8-17-22-23-18(25-17)26-10-16(24)21-13-6-7-14(19)15(20)9-13/h2-7,9H,8,10H2,1H3,(H,21,24). The summed E-state index contributed by atoms with van der Waals surface area (Å²) in [5.74, 6) is 0.458. The molecule has 0 saturated heterocycles. The monoisotopic (exact) mass is 407 g/mol. The molecule has 2 aromatic carbocycles. The summed E-state index contributed by atoms with van der Waals surface area (Å²) < 4.78 is 5.58. The van der Waals surface area contributed by atoms with Gasteiger partial charge in [-0.1, -0.05) is 64.8 Å². The fourth-order valence-corrected chi connectivity index (χ4v) is 3.03. The largest absolute Gasteiger partial charge is 0.416 e. The third-order valence-corrected chi connectivity index (χ3v) is 5.01. The number of halogens is 2. The molecular formula is C18H15Cl2N3O2S. The quantitative estimate of drug-likeness (QED) is 0.581. The third-order valence-electron chi connectivity index (χ3n) is 3.45. The second-order valence-corrected chi connectivity index (χ2v) is 7.33. The van der Waals surface area contributed by atoms with Gasteiger partial charge in [0, 0.05) is 5.69 Å². The number of benzene rings is 2. The van der Waals surface area contributed by atoms with E-state index in [2.05, 4.69) is 15.5 Å². The Balaban J connectivity index is 1.51. The highest BCUT2D eigenvalue weighted by Crippen LogP contribution is 2.25. The first-order valence-corrected chi connectivity index (χ1v) is 9.49. The van der Waals surface area contributed by atoms with Gasteiger partial charge in [0.1, 0.15) is 0 Å². The van der Waals surface area contributed by atoms with Gasteiger partial charge in [-0.25, -0.2) is 0 Å². The predicted octanol–water partition coefficient (Wildman–Crippen LogP) is 5.01. The topological polar surface area (TPSA) is 68.0 Å². The van der Waals surface area contributed by atoms with E-state index in [1.807, 2.05) is 31.2 Å². The van der Waals surface area contributed by atoms with E-state index < -0.39 is 0 Å². The maximum atomic E-state index is 12.0. The Morgan fingerprint density at radius 1 is 1.12 bits per heavy atom. The van der Waals surface area contributed by atoms with E-state index in [0.717, 1.165) is 5.56 Å². The van der Waals surface area contributed by atoms with E-state index in [1.54, 1.807) is 18.2 Å². The van der Waals surface area contributed by atoms with Crippen LogP contribution in [0.3, 0.4) is 0 Å². The van der Waals surface area contributed by atoms with Gasteiger partial charge < -0.3 is 9.73 Å². The summed E-state index contributed by atoms with van der Waals surface area (Å²) in [5, 5.41) is 11.9. The zero-order valence-electron chi connectivity index (χ0n) is 13.8. The molecule has 0 saturated carbocycles. The van der Waals surface area contributed by atoms with Crippen LogP contribution in [0.5, 0.6) is 0 Å². The van der Waals surface area contributed by atoms with Gasteiger partial charge in [-0.15, -0.1) is 10.2 Å². The molecule has 0 aliphatic rings. The highest BCUT2D eigenvalue weighted by molar-refractivity contribution is 7.99. The van der Waals surface area contributed by atoms with Crippen LogP contribution >= 0.6 is 35.0 Å². The minimum absolute atomic E-state index is 0.145. The first-order chi connectivity index (χ1) is 12.5. The molecule has 134 valence electrons. The summed E-state index contributed by atoms with van der Waals surface area (Å²) in [6.07, 6.45) is 0.559. The highest BCUT2D eigenvalue weighted by atomic mass is 35.5. The molecular weight excluding hydrogens is 393 g/mol. The Kier molecular flexibility index (Phi) is 6.19. The van der Waals surface area contributed by atoms with Crippen LogP contribution in [0.4, 0.5) is 5.69 Å². The first kappa shape index (κ1) is 18.8. The van der Waals surface area contributed by atoms with Crippen LogP contribution in [-0.4, -0.2) is 21.9 Å². The Labute approximate surface area is 165 Å². The molecule has 1 aromatic heterocycles. The molecule has 1 N–H and O–H groups in total. The zero-order chi connectivity index (χ0) is 18.5. The fourth-order valence-electron chi connectivity index (χ4n) is 2.15. The van der Waals surface area contributed by atoms with Gasteiger partial charge in [-0.2, -0.15) is 0 Å². The molecule has 3 aromatic rings. The second kappa shape index (κ2) is 8.58. The maximum Gasteiger partial charge on any atom is 0.277 e. The number of carbonyl (C=O) groups is 1. The van der Waals surface area contributed by atoms with Crippen molar-refractivity contribution in [2.45, 2.75) is 18.6 Å². The van der Waals surface area contributed by atoms with Gasteiger partial charge >= 0.3 is 0 Å². The normalized spacial score (nSPS) is 10.7. The van der Waals surface area contributed by atoms with Crippen molar-refractivity contribution in [3.05, 3.63) is 69.5 Å². The average Bonchev–Trinajstić information content (AvgIpc) is 3.06. The van der Waals surface area contributed by atoms with E-state index in [0.29, 0.717) is 33.3 Å². The van der Waals surface area contributed by atoms with Gasteiger partial charge in [-0.3, -0.25) is 4.79 Å². The molecule has 5 nitrogen and oxygen atoms in total. The number of thioether (sulfide) groups is 1. The SMILES string of the molecule is Cc1ccc(Cc2nnc(SCC(=O)Nc3ccc(Cl)c(Cl)c3)o2)cc1.